The van der Waals surface area contributed by atoms with E-state index in [9.17, 15) is 0 Å². The van der Waals surface area contributed by atoms with Gasteiger partial charge in [0.15, 0.2) is 0 Å². The van der Waals surface area contributed by atoms with E-state index in [0.717, 1.165) is 17.8 Å². The molecule has 0 nitrogen and oxygen atoms in total. The van der Waals surface area contributed by atoms with Crippen LogP contribution in [0.3, 0.4) is 0 Å². The molecule has 0 heterocycles. The zero-order valence-electron chi connectivity index (χ0n) is 12.7. The van der Waals surface area contributed by atoms with E-state index in [0.29, 0.717) is 0 Å². The van der Waals surface area contributed by atoms with E-state index in [1.165, 1.54) is 70.6 Å². The number of allylic oxidation sites excluding steroid dienone is 4. The van der Waals surface area contributed by atoms with Gasteiger partial charge in [0.2, 0.25) is 0 Å². The molecule has 2 saturated carbocycles. The second-order valence-corrected chi connectivity index (χ2v) is 7.26. The minimum atomic E-state index is 0.877. The molecule has 0 aromatic carbocycles. The Labute approximate surface area is 119 Å². The van der Waals surface area contributed by atoms with Gasteiger partial charge in [0.25, 0.3) is 0 Å². The molecule has 0 aromatic rings. The van der Waals surface area contributed by atoms with Crippen LogP contribution in [-0.4, -0.2) is 0 Å². The molecule has 3 aliphatic carbocycles. The molecule has 0 aromatic heterocycles. The molecule has 0 heteroatoms. The van der Waals surface area contributed by atoms with Gasteiger partial charge >= 0.3 is 0 Å². The van der Waals surface area contributed by atoms with Crippen molar-refractivity contribution in [1.82, 2.24) is 0 Å². The van der Waals surface area contributed by atoms with Crippen LogP contribution < -0.4 is 0 Å². The molecule has 106 valence electrons. The summed E-state index contributed by atoms with van der Waals surface area (Å²) in [5, 5.41) is 0. The van der Waals surface area contributed by atoms with Crippen molar-refractivity contribution in [2.24, 2.45) is 17.8 Å². The van der Waals surface area contributed by atoms with Gasteiger partial charge in [-0.05, 0) is 62.4 Å². The topological polar surface area (TPSA) is 0 Å². The highest BCUT2D eigenvalue weighted by Crippen LogP contribution is 2.40. The molecule has 2 fully saturated rings. The first-order chi connectivity index (χ1) is 9.33. The summed E-state index contributed by atoms with van der Waals surface area (Å²) >= 11 is 0. The van der Waals surface area contributed by atoms with Crippen LogP contribution in [0.4, 0.5) is 0 Å². The molecule has 0 saturated heterocycles. The van der Waals surface area contributed by atoms with Crippen molar-refractivity contribution in [2.75, 3.05) is 0 Å². The van der Waals surface area contributed by atoms with Crippen LogP contribution in [0.5, 0.6) is 0 Å². The van der Waals surface area contributed by atoms with Crippen LogP contribution in [0.1, 0.15) is 77.6 Å². The molecule has 1 atom stereocenters. The number of hydrogen-bond donors (Lipinski definition) is 0. The second kappa shape index (κ2) is 6.29. The van der Waals surface area contributed by atoms with E-state index in [4.69, 9.17) is 0 Å². The highest BCUT2D eigenvalue weighted by molar-refractivity contribution is 5.31. The Morgan fingerprint density at radius 2 is 1.47 bits per heavy atom. The standard InChI is InChI=1S/C19H30/c1-15-12-18(16-8-4-2-5-9-16)14-19(13-15)17-10-6-3-7-11-17/h12,14,16-17,19H,2-11,13H2,1H3. The number of hydrogen-bond acceptors (Lipinski definition) is 0. The minimum absolute atomic E-state index is 0.877. The van der Waals surface area contributed by atoms with Crippen LogP contribution in [0.25, 0.3) is 0 Å². The van der Waals surface area contributed by atoms with Gasteiger partial charge in [-0.1, -0.05) is 56.3 Å². The average molecular weight is 258 g/mol. The van der Waals surface area contributed by atoms with Gasteiger partial charge in [-0.25, -0.2) is 0 Å². The predicted octanol–water partition coefficient (Wildman–Crippen LogP) is 6.04. The Morgan fingerprint density at radius 1 is 0.842 bits per heavy atom. The van der Waals surface area contributed by atoms with Gasteiger partial charge in [-0.3, -0.25) is 0 Å². The maximum Gasteiger partial charge on any atom is -0.0162 e. The zero-order valence-corrected chi connectivity index (χ0v) is 12.7. The van der Waals surface area contributed by atoms with Crippen molar-refractivity contribution in [3.05, 3.63) is 23.3 Å². The molecule has 0 N–H and O–H groups in total. The summed E-state index contributed by atoms with van der Waals surface area (Å²) in [4.78, 5) is 0. The summed E-state index contributed by atoms with van der Waals surface area (Å²) in [6, 6.07) is 0. The molecule has 3 aliphatic rings. The van der Waals surface area contributed by atoms with Crippen LogP contribution in [0.2, 0.25) is 0 Å². The maximum absolute atomic E-state index is 2.71. The third-order valence-electron chi connectivity index (χ3n) is 5.71. The smallest absolute Gasteiger partial charge is 0.0162 e. The van der Waals surface area contributed by atoms with Crippen LogP contribution in [0.15, 0.2) is 23.3 Å². The number of rotatable bonds is 2. The van der Waals surface area contributed by atoms with Gasteiger partial charge < -0.3 is 0 Å². The fourth-order valence-electron chi connectivity index (χ4n) is 4.62. The SMILES string of the molecule is CC1=CC(C2CCCCC2)=CC(C2CCCCC2)C1. The van der Waals surface area contributed by atoms with Crippen LogP contribution in [0, 0.1) is 17.8 Å². The summed E-state index contributed by atoms with van der Waals surface area (Å²) < 4.78 is 0. The molecule has 0 amide bonds. The van der Waals surface area contributed by atoms with Crippen molar-refractivity contribution in [1.29, 1.82) is 0 Å². The van der Waals surface area contributed by atoms with E-state index in [1.807, 2.05) is 0 Å². The molecule has 19 heavy (non-hydrogen) atoms. The summed E-state index contributed by atoms with van der Waals surface area (Å²) in [6.45, 7) is 2.37. The third kappa shape index (κ3) is 3.33. The highest BCUT2D eigenvalue weighted by Gasteiger charge is 2.27. The Kier molecular flexibility index (Phi) is 4.45. The molecule has 0 bridgehead atoms. The third-order valence-corrected chi connectivity index (χ3v) is 5.71. The van der Waals surface area contributed by atoms with Gasteiger partial charge in [0.1, 0.15) is 0 Å². The van der Waals surface area contributed by atoms with Crippen LogP contribution >= 0.6 is 0 Å². The van der Waals surface area contributed by atoms with Crippen molar-refractivity contribution >= 4 is 0 Å². The highest BCUT2D eigenvalue weighted by atomic mass is 14.3. The molecule has 3 rings (SSSR count). The first-order valence-corrected chi connectivity index (χ1v) is 8.72. The van der Waals surface area contributed by atoms with Crippen molar-refractivity contribution in [2.45, 2.75) is 77.6 Å². The molecule has 1 unspecified atom stereocenters. The Balaban J connectivity index is 1.71. The Morgan fingerprint density at radius 3 is 2.16 bits per heavy atom. The second-order valence-electron chi connectivity index (χ2n) is 7.26. The largest absolute Gasteiger partial charge is 0.0773 e. The predicted molar refractivity (Wildman–Crippen MR) is 83.1 cm³/mol. The molecular weight excluding hydrogens is 228 g/mol. The summed E-state index contributed by atoms with van der Waals surface area (Å²) in [7, 11) is 0. The van der Waals surface area contributed by atoms with Crippen molar-refractivity contribution < 1.29 is 0 Å². The molecule has 0 spiro atoms. The van der Waals surface area contributed by atoms with E-state index in [-0.39, 0.29) is 0 Å². The first-order valence-electron chi connectivity index (χ1n) is 8.72. The lowest BCUT2D eigenvalue weighted by Crippen LogP contribution is -2.20. The van der Waals surface area contributed by atoms with E-state index in [2.05, 4.69) is 19.1 Å². The molecule has 0 aliphatic heterocycles. The minimum Gasteiger partial charge on any atom is -0.0773 e. The normalized spacial score (nSPS) is 30.9. The lowest BCUT2D eigenvalue weighted by Gasteiger charge is -2.33. The van der Waals surface area contributed by atoms with E-state index in [1.54, 1.807) is 11.1 Å². The fourth-order valence-corrected chi connectivity index (χ4v) is 4.62. The molecular formula is C19H30. The van der Waals surface area contributed by atoms with Gasteiger partial charge in [0, 0.05) is 0 Å². The summed E-state index contributed by atoms with van der Waals surface area (Å²) in [6.07, 6.45) is 21.3. The zero-order chi connectivity index (χ0) is 13.1. The quantitative estimate of drug-likeness (QED) is 0.566. The summed E-state index contributed by atoms with van der Waals surface area (Å²) in [5.74, 6) is 2.77. The lowest BCUT2D eigenvalue weighted by atomic mass is 9.72. The Bertz CT molecular complexity index is 348. The van der Waals surface area contributed by atoms with Crippen molar-refractivity contribution in [3.63, 3.8) is 0 Å². The average Bonchev–Trinajstić information content (AvgIpc) is 2.48. The first kappa shape index (κ1) is 13.5. The van der Waals surface area contributed by atoms with Crippen molar-refractivity contribution in [3.8, 4) is 0 Å². The van der Waals surface area contributed by atoms with E-state index < -0.39 is 0 Å². The fraction of sp³-hybridized carbons (Fsp3) is 0.789. The van der Waals surface area contributed by atoms with E-state index >= 15 is 0 Å². The monoisotopic (exact) mass is 258 g/mol. The maximum atomic E-state index is 2.71. The van der Waals surface area contributed by atoms with Gasteiger partial charge in [-0.15, -0.1) is 0 Å². The summed E-state index contributed by atoms with van der Waals surface area (Å²) in [5.41, 5.74) is 3.37. The molecule has 0 radical (unpaired) electrons. The van der Waals surface area contributed by atoms with Gasteiger partial charge in [0.05, 0.1) is 0 Å². The van der Waals surface area contributed by atoms with Gasteiger partial charge in [-0.2, -0.15) is 0 Å². The lowest BCUT2D eigenvalue weighted by molar-refractivity contribution is 0.279. The Hall–Kier alpha value is -0.520. The van der Waals surface area contributed by atoms with Crippen LogP contribution in [-0.2, 0) is 0 Å².